The third-order valence-corrected chi connectivity index (χ3v) is 3.86. The summed E-state index contributed by atoms with van der Waals surface area (Å²) in [6.45, 7) is 3.88. The van der Waals surface area contributed by atoms with E-state index < -0.39 is 11.9 Å². The molecule has 7 nitrogen and oxygen atoms in total. The maximum atomic E-state index is 12.5. The Kier molecular flexibility index (Phi) is 6.93. The van der Waals surface area contributed by atoms with Gasteiger partial charge in [-0.25, -0.2) is 0 Å². The van der Waals surface area contributed by atoms with Gasteiger partial charge in [0.15, 0.2) is 0 Å². The molecule has 3 amide bonds. The molecule has 2 aromatic rings. The number of amides is 3. The fourth-order valence-electron chi connectivity index (χ4n) is 2.39. The largest absolute Gasteiger partial charge is 0.497 e. The summed E-state index contributed by atoms with van der Waals surface area (Å²) in [4.78, 5) is 36.8. The molecule has 0 bridgehead atoms. The van der Waals surface area contributed by atoms with E-state index in [9.17, 15) is 14.4 Å². The molecule has 3 N–H and O–H groups in total. The first-order valence-corrected chi connectivity index (χ1v) is 8.59. The van der Waals surface area contributed by atoms with Crippen LogP contribution < -0.4 is 20.7 Å². The minimum Gasteiger partial charge on any atom is -0.497 e. The number of carbonyl (C=O) groups excluding carboxylic acids is 3. The third kappa shape index (κ3) is 5.31. The first kappa shape index (κ1) is 20.0. The Morgan fingerprint density at radius 3 is 2.30 bits per heavy atom. The van der Waals surface area contributed by atoms with E-state index >= 15 is 0 Å². The van der Waals surface area contributed by atoms with Gasteiger partial charge in [0.2, 0.25) is 5.91 Å². The smallest absolute Gasteiger partial charge is 0.255 e. The number of hydrogen-bond donors (Lipinski definition) is 3. The minimum atomic E-state index is -0.692. The molecule has 2 aromatic carbocycles. The molecule has 2 rings (SSSR count). The van der Waals surface area contributed by atoms with E-state index in [2.05, 4.69) is 16.0 Å². The fraction of sp³-hybridized carbons (Fsp3) is 0.250. The number of para-hydroxylation sites is 1. The van der Waals surface area contributed by atoms with Crippen molar-refractivity contribution in [3.63, 3.8) is 0 Å². The van der Waals surface area contributed by atoms with Crippen molar-refractivity contribution < 1.29 is 19.1 Å². The number of likely N-dealkylation sites (N-methyl/N-ethyl adjacent to an activating group) is 1. The van der Waals surface area contributed by atoms with E-state index in [0.717, 1.165) is 0 Å². The molecule has 0 radical (unpaired) electrons. The highest BCUT2D eigenvalue weighted by atomic mass is 16.5. The minimum absolute atomic E-state index is 0.273. The van der Waals surface area contributed by atoms with Gasteiger partial charge in [-0.1, -0.05) is 12.1 Å². The van der Waals surface area contributed by atoms with E-state index in [1.165, 1.54) is 0 Å². The summed E-state index contributed by atoms with van der Waals surface area (Å²) < 4.78 is 5.07. The molecule has 0 aliphatic carbocycles. The average Bonchev–Trinajstić information content (AvgIpc) is 2.68. The number of anilines is 1. The van der Waals surface area contributed by atoms with Crippen LogP contribution in [-0.2, 0) is 4.79 Å². The van der Waals surface area contributed by atoms with Gasteiger partial charge in [0, 0.05) is 12.1 Å². The zero-order chi connectivity index (χ0) is 19.8. The Morgan fingerprint density at radius 2 is 1.67 bits per heavy atom. The molecule has 1 atom stereocenters. The van der Waals surface area contributed by atoms with Crippen molar-refractivity contribution in [1.82, 2.24) is 10.6 Å². The number of hydrogen-bond acceptors (Lipinski definition) is 4. The lowest BCUT2D eigenvalue weighted by atomic mass is 10.1. The number of methoxy groups -OCH3 is 1. The third-order valence-electron chi connectivity index (χ3n) is 3.86. The molecule has 0 aliphatic heterocycles. The number of carbonyl (C=O) groups is 3. The van der Waals surface area contributed by atoms with Crippen molar-refractivity contribution in [3.8, 4) is 5.75 Å². The van der Waals surface area contributed by atoms with Crippen molar-refractivity contribution in [2.24, 2.45) is 0 Å². The summed E-state index contributed by atoms with van der Waals surface area (Å²) in [6, 6.07) is 12.6. The lowest BCUT2D eigenvalue weighted by molar-refractivity contribution is -0.122. The van der Waals surface area contributed by atoms with Crippen LogP contribution in [-0.4, -0.2) is 37.4 Å². The predicted molar refractivity (Wildman–Crippen MR) is 103 cm³/mol. The Morgan fingerprint density at radius 1 is 1.00 bits per heavy atom. The van der Waals surface area contributed by atoms with Gasteiger partial charge in [0.25, 0.3) is 11.8 Å². The van der Waals surface area contributed by atoms with E-state index in [0.29, 0.717) is 23.5 Å². The summed E-state index contributed by atoms with van der Waals surface area (Å²) >= 11 is 0. The highest BCUT2D eigenvalue weighted by molar-refractivity contribution is 6.09. The van der Waals surface area contributed by atoms with Crippen LogP contribution in [0.25, 0.3) is 0 Å². The van der Waals surface area contributed by atoms with Gasteiger partial charge in [-0.15, -0.1) is 0 Å². The maximum Gasteiger partial charge on any atom is 0.255 e. The SMILES string of the molecule is CCNC(=O)[C@@H](C)NC(=O)c1ccccc1NC(=O)c1ccc(OC)cc1. The summed E-state index contributed by atoms with van der Waals surface area (Å²) in [5, 5.41) is 8.01. The predicted octanol–water partition coefficient (Wildman–Crippen LogP) is 2.20. The van der Waals surface area contributed by atoms with Crippen molar-refractivity contribution in [2.75, 3.05) is 19.0 Å². The van der Waals surface area contributed by atoms with E-state index in [-0.39, 0.29) is 17.4 Å². The van der Waals surface area contributed by atoms with Crippen LogP contribution in [0.4, 0.5) is 5.69 Å². The van der Waals surface area contributed by atoms with Gasteiger partial charge in [0.05, 0.1) is 18.4 Å². The molecule has 0 unspecified atom stereocenters. The Hall–Kier alpha value is -3.35. The zero-order valence-electron chi connectivity index (χ0n) is 15.5. The van der Waals surface area contributed by atoms with Crippen molar-refractivity contribution in [3.05, 3.63) is 59.7 Å². The van der Waals surface area contributed by atoms with Gasteiger partial charge in [0.1, 0.15) is 11.8 Å². The van der Waals surface area contributed by atoms with E-state index in [1.54, 1.807) is 69.5 Å². The number of rotatable bonds is 7. The van der Waals surface area contributed by atoms with Crippen LogP contribution in [0.2, 0.25) is 0 Å². The second kappa shape index (κ2) is 9.38. The summed E-state index contributed by atoms with van der Waals surface area (Å²) in [5.41, 5.74) is 1.07. The second-order valence-electron chi connectivity index (χ2n) is 5.82. The molecule has 0 aliphatic rings. The second-order valence-corrected chi connectivity index (χ2v) is 5.82. The molecular formula is C20H23N3O4. The van der Waals surface area contributed by atoms with Gasteiger partial charge in [-0.2, -0.15) is 0 Å². The van der Waals surface area contributed by atoms with Crippen molar-refractivity contribution in [2.45, 2.75) is 19.9 Å². The number of nitrogens with one attached hydrogen (secondary N) is 3. The number of benzene rings is 2. The molecule has 0 fully saturated rings. The van der Waals surface area contributed by atoms with Crippen LogP contribution in [0.5, 0.6) is 5.75 Å². The Bertz CT molecular complexity index is 818. The quantitative estimate of drug-likeness (QED) is 0.697. The van der Waals surface area contributed by atoms with Crippen LogP contribution in [0, 0.1) is 0 Å². The van der Waals surface area contributed by atoms with E-state index in [4.69, 9.17) is 4.74 Å². The molecule has 0 saturated carbocycles. The summed E-state index contributed by atoms with van der Waals surface area (Å²) in [6.07, 6.45) is 0. The molecule has 0 spiro atoms. The molecular weight excluding hydrogens is 346 g/mol. The normalized spacial score (nSPS) is 11.2. The molecule has 0 heterocycles. The van der Waals surface area contributed by atoms with Crippen molar-refractivity contribution in [1.29, 1.82) is 0 Å². The van der Waals surface area contributed by atoms with E-state index in [1.807, 2.05) is 0 Å². The van der Waals surface area contributed by atoms with Gasteiger partial charge >= 0.3 is 0 Å². The molecule has 27 heavy (non-hydrogen) atoms. The van der Waals surface area contributed by atoms with Gasteiger partial charge < -0.3 is 20.7 Å². The molecule has 0 saturated heterocycles. The highest BCUT2D eigenvalue weighted by Gasteiger charge is 2.19. The van der Waals surface area contributed by atoms with Crippen molar-refractivity contribution >= 4 is 23.4 Å². The van der Waals surface area contributed by atoms with Crippen LogP contribution in [0.1, 0.15) is 34.6 Å². The number of ether oxygens (including phenoxy) is 1. The molecule has 7 heteroatoms. The highest BCUT2D eigenvalue weighted by Crippen LogP contribution is 2.18. The summed E-state index contributed by atoms with van der Waals surface area (Å²) in [7, 11) is 1.55. The molecule has 142 valence electrons. The van der Waals surface area contributed by atoms with Gasteiger partial charge in [-0.05, 0) is 50.2 Å². The first-order chi connectivity index (χ1) is 13.0. The van der Waals surface area contributed by atoms with Crippen LogP contribution in [0.15, 0.2) is 48.5 Å². The standard InChI is InChI=1S/C20H23N3O4/c1-4-21-18(24)13(2)22-20(26)16-7-5-6-8-17(16)23-19(25)14-9-11-15(27-3)12-10-14/h5-13H,4H2,1-3H3,(H,21,24)(H,22,26)(H,23,25)/t13-/m1/s1. The Balaban J connectivity index is 2.13. The Labute approximate surface area is 158 Å². The summed E-state index contributed by atoms with van der Waals surface area (Å²) in [5.74, 6) is -0.426. The lowest BCUT2D eigenvalue weighted by Crippen LogP contribution is -2.44. The fourth-order valence-corrected chi connectivity index (χ4v) is 2.39. The van der Waals surface area contributed by atoms with Gasteiger partial charge in [-0.3, -0.25) is 14.4 Å². The average molecular weight is 369 g/mol. The van der Waals surface area contributed by atoms with Crippen LogP contribution >= 0.6 is 0 Å². The first-order valence-electron chi connectivity index (χ1n) is 8.59. The monoisotopic (exact) mass is 369 g/mol. The topological polar surface area (TPSA) is 96.5 Å². The lowest BCUT2D eigenvalue weighted by Gasteiger charge is -2.15. The maximum absolute atomic E-state index is 12.5. The van der Waals surface area contributed by atoms with Crippen LogP contribution in [0.3, 0.4) is 0 Å². The zero-order valence-corrected chi connectivity index (χ0v) is 15.5. The molecule has 0 aromatic heterocycles.